The molecule has 0 N–H and O–H groups in total. The summed E-state index contributed by atoms with van der Waals surface area (Å²) in [7, 11) is 3.26. The number of hydrogen-bond donors (Lipinski definition) is 0. The summed E-state index contributed by atoms with van der Waals surface area (Å²) in [5, 5.41) is 0. The summed E-state index contributed by atoms with van der Waals surface area (Å²) in [6.45, 7) is 7.54. The fourth-order valence-electron chi connectivity index (χ4n) is 3.47. The topological polar surface area (TPSA) is 126 Å². The Morgan fingerprint density at radius 2 is 0.636 bits per heavy atom. The van der Waals surface area contributed by atoms with Crippen molar-refractivity contribution in [2.45, 2.75) is 0 Å². The monoisotopic (exact) mass is 622 g/mol. The van der Waals surface area contributed by atoms with Crippen LogP contribution in [0.2, 0.25) is 0 Å². The molecule has 0 bridgehead atoms. The summed E-state index contributed by atoms with van der Waals surface area (Å²) < 4.78 is 53.4. The van der Waals surface area contributed by atoms with Crippen LogP contribution in [0.5, 0.6) is 11.5 Å². The lowest BCUT2D eigenvalue weighted by Crippen LogP contribution is -2.15. The smallest absolute Gasteiger partial charge is 0.233 e. The quantitative estimate of drug-likeness (QED) is 0.0752. The van der Waals surface area contributed by atoms with Gasteiger partial charge in [-0.1, -0.05) is 0 Å². The second-order valence-electron chi connectivity index (χ2n) is 9.06. The Morgan fingerprint density at radius 3 is 0.909 bits per heavy atom. The van der Waals surface area contributed by atoms with Crippen molar-refractivity contribution < 1.29 is 57.0 Å². The Morgan fingerprint density at radius 1 is 0.386 bits per heavy atom. The van der Waals surface area contributed by atoms with E-state index in [2.05, 4.69) is 0 Å². The maximum atomic E-state index is 12.7. The van der Waals surface area contributed by atoms with E-state index in [1.54, 1.807) is 62.8 Å². The zero-order chi connectivity index (χ0) is 31.5. The molecule has 0 aromatic heterocycles. The van der Waals surface area contributed by atoms with E-state index in [1.165, 1.54) is 0 Å². The molecule has 0 amide bonds. The minimum atomic E-state index is -0.602. The van der Waals surface area contributed by atoms with Gasteiger partial charge >= 0.3 is 0 Å². The molecule has 0 unspecified atom stereocenters. The first-order valence-corrected chi connectivity index (χ1v) is 14.6. The first-order chi connectivity index (χ1) is 21.7. The van der Waals surface area contributed by atoms with Gasteiger partial charge in [0.15, 0.2) is 0 Å². The number of Topliss-reactive ketones (excluding diaryl/α,β-unsaturated/α-hetero) is 2. The largest absolute Gasteiger partial charge is 0.491 e. The first kappa shape index (κ1) is 37.2. The molecule has 44 heavy (non-hydrogen) atoms. The molecule has 2 aromatic rings. The van der Waals surface area contributed by atoms with Gasteiger partial charge in [0.05, 0.1) is 92.5 Å². The molecule has 0 fully saturated rings. The SMILES string of the molecule is COCCOCCOCCOCCOc1ccc(C(=O)C(=O)c2ccc(OCCOCCOCCOCCOC)cc2)cc1. The van der Waals surface area contributed by atoms with Crippen LogP contribution in [-0.4, -0.2) is 131 Å². The fourth-order valence-corrected chi connectivity index (χ4v) is 3.47. The average Bonchev–Trinajstić information content (AvgIpc) is 3.05. The van der Waals surface area contributed by atoms with Crippen molar-refractivity contribution in [2.24, 2.45) is 0 Å². The van der Waals surface area contributed by atoms with Gasteiger partial charge < -0.3 is 47.4 Å². The van der Waals surface area contributed by atoms with E-state index in [1.807, 2.05) is 0 Å². The lowest BCUT2D eigenvalue weighted by molar-refractivity contribution is 0.000163. The van der Waals surface area contributed by atoms with Crippen molar-refractivity contribution >= 4 is 11.6 Å². The van der Waals surface area contributed by atoms with Crippen LogP contribution < -0.4 is 9.47 Å². The van der Waals surface area contributed by atoms with Crippen LogP contribution in [0.1, 0.15) is 20.7 Å². The van der Waals surface area contributed by atoms with Gasteiger partial charge in [0, 0.05) is 25.3 Å². The summed E-state index contributed by atoms with van der Waals surface area (Å²) in [5.41, 5.74) is 0.559. The average molecular weight is 623 g/mol. The summed E-state index contributed by atoms with van der Waals surface area (Å²) in [6, 6.07) is 12.9. The molecule has 0 aliphatic carbocycles. The molecule has 0 heterocycles. The van der Waals surface area contributed by atoms with E-state index in [9.17, 15) is 9.59 Å². The Labute approximate surface area is 259 Å². The zero-order valence-corrected chi connectivity index (χ0v) is 25.8. The molecular formula is C32H46O12. The minimum absolute atomic E-state index is 0.280. The van der Waals surface area contributed by atoms with E-state index in [-0.39, 0.29) is 11.1 Å². The van der Waals surface area contributed by atoms with Crippen LogP contribution in [-0.2, 0) is 37.9 Å². The third-order valence-electron chi connectivity index (χ3n) is 5.78. The summed E-state index contributed by atoms with van der Waals surface area (Å²) >= 11 is 0. The van der Waals surface area contributed by atoms with Crippen LogP contribution in [0.3, 0.4) is 0 Å². The summed E-state index contributed by atoms with van der Waals surface area (Å²) in [4.78, 5) is 25.4. The molecule has 0 atom stereocenters. The van der Waals surface area contributed by atoms with Gasteiger partial charge in [-0.25, -0.2) is 0 Å². The van der Waals surface area contributed by atoms with Gasteiger partial charge in [0.1, 0.15) is 24.7 Å². The van der Waals surface area contributed by atoms with Crippen LogP contribution in [0.4, 0.5) is 0 Å². The molecular weight excluding hydrogens is 576 g/mol. The zero-order valence-electron chi connectivity index (χ0n) is 25.8. The van der Waals surface area contributed by atoms with Crippen molar-refractivity contribution in [3.63, 3.8) is 0 Å². The molecule has 0 saturated carbocycles. The number of rotatable bonds is 29. The number of ether oxygens (including phenoxy) is 10. The minimum Gasteiger partial charge on any atom is -0.491 e. The standard InChI is InChI=1S/C32H46O12/c1-35-11-13-37-15-17-39-19-21-41-23-25-43-29-7-3-27(4-8-29)31(33)32(34)28-5-9-30(10-6-28)44-26-24-42-22-20-40-18-16-38-14-12-36-2/h3-10H,11-26H2,1-2H3. The predicted molar refractivity (Wildman–Crippen MR) is 161 cm³/mol. The van der Waals surface area contributed by atoms with Crippen molar-refractivity contribution in [2.75, 3.05) is 120 Å². The molecule has 2 rings (SSSR count). The third-order valence-corrected chi connectivity index (χ3v) is 5.78. The van der Waals surface area contributed by atoms with Crippen LogP contribution in [0.25, 0.3) is 0 Å². The van der Waals surface area contributed by atoms with Crippen molar-refractivity contribution in [3.05, 3.63) is 59.7 Å². The van der Waals surface area contributed by atoms with E-state index in [0.717, 1.165) is 0 Å². The highest BCUT2D eigenvalue weighted by Crippen LogP contribution is 2.17. The van der Waals surface area contributed by atoms with E-state index >= 15 is 0 Å². The molecule has 12 nitrogen and oxygen atoms in total. The maximum absolute atomic E-state index is 12.7. The number of benzene rings is 2. The van der Waals surface area contributed by atoms with Crippen LogP contribution in [0.15, 0.2) is 48.5 Å². The second kappa shape index (κ2) is 25.4. The number of methoxy groups -OCH3 is 2. The molecule has 246 valence electrons. The maximum Gasteiger partial charge on any atom is 0.233 e. The second-order valence-corrected chi connectivity index (χ2v) is 9.06. The molecule has 0 saturated heterocycles. The van der Waals surface area contributed by atoms with Gasteiger partial charge in [0.25, 0.3) is 0 Å². The van der Waals surface area contributed by atoms with Gasteiger partial charge in [-0.3, -0.25) is 9.59 Å². The first-order valence-electron chi connectivity index (χ1n) is 14.6. The third kappa shape index (κ3) is 17.4. The molecule has 2 aromatic carbocycles. The lowest BCUT2D eigenvalue weighted by Gasteiger charge is -2.09. The van der Waals surface area contributed by atoms with Gasteiger partial charge in [0.2, 0.25) is 11.6 Å². The number of hydrogen-bond acceptors (Lipinski definition) is 12. The number of carbonyl (C=O) groups excluding carboxylic acids is 2. The molecule has 0 radical (unpaired) electrons. The van der Waals surface area contributed by atoms with E-state index in [4.69, 9.17) is 47.4 Å². The predicted octanol–water partition coefficient (Wildman–Crippen LogP) is 2.90. The summed E-state index contributed by atoms with van der Waals surface area (Å²) in [6.07, 6.45) is 0. The number of carbonyl (C=O) groups is 2. The summed E-state index contributed by atoms with van der Waals surface area (Å²) in [5.74, 6) is -0.0589. The van der Waals surface area contributed by atoms with Crippen molar-refractivity contribution in [3.8, 4) is 11.5 Å². The van der Waals surface area contributed by atoms with Crippen molar-refractivity contribution in [1.29, 1.82) is 0 Å². The Hall–Kier alpha value is -2.94. The van der Waals surface area contributed by atoms with Crippen molar-refractivity contribution in [1.82, 2.24) is 0 Å². The Bertz CT molecular complexity index is 916. The van der Waals surface area contributed by atoms with Gasteiger partial charge in [-0.05, 0) is 48.5 Å². The molecule has 0 spiro atoms. The van der Waals surface area contributed by atoms with E-state index in [0.29, 0.717) is 117 Å². The highest BCUT2D eigenvalue weighted by Gasteiger charge is 2.18. The normalized spacial score (nSPS) is 11.0. The van der Waals surface area contributed by atoms with Gasteiger partial charge in [-0.2, -0.15) is 0 Å². The Kier molecular flexibility index (Phi) is 21.5. The highest BCUT2D eigenvalue weighted by atomic mass is 16.6. The molecule has 12 heteroatoms. The van der Waals surface area contributed by atoms with Crippen LogP contribution >= 0.6 is 0 Å². The van der Waals surface area contributed by atoms with E-state index < -0.39 is 11.6 Å². The van der Waals surface area contributed by atoms with Gasteiger partial charge in [-0.15, -0.1) is 0 Å². The number of ketones is 2. The van der Waals surface area contributed by atoms with Crippen LogP contribution in [0, 0.1) is 0 Å². The fraction of sp³-hybridized carbons (Fsp3) is 0.562. The Balaban J connectivity index is 1.55. The molecule has 0 aliphatic rings. The lowest BCUT2D eigenvalue weighted by atomic mass is 10.0. The molecule has 0 aliphatic heterocycles. The highest BCUT2D eigenvalue weighted by molar-refractivity contribution is 6.49.